The molecule has 0 spiro atoms. The van der Waals surface area contributed by atoms with E-state index in [4.69, 9.17) is 13.6 Å². The quantitative estimate of drug-likeness (QED) is 0.0947. The fraction of sp³-hybridized carbons (Fsp3) is 0.636. The van der Waals surface area contributed by atoms with Crippen LogP contribution in [0.3, 0.4) is 0 Å². The molecule has 0 unspecified atom stereocenters. The average Bonchev–Trinajstić information content (AvgIpc) is 2.93. The second kappa shape index (κ2) is 23.5. The molecule has 0 heterocycles. The Balaban J connectivity index is 1.38. The molecule has 2 rings (SSSR count). The van der Waals surface area contributed by atoms with Crippen molar-refractivity contribution in [2.45, 2.75) is 129 Å². The zero-order chi connectivity index (χ0) is 26.1. The summed E-state index contributed by atoms with van der Waals surface area (Å²) < 4.78 is 18.0. The normalized spacial score (nSPS) is 11.2. The lowest BCUT2D eigenvalue weighted by Crippen LogP contribution is -2.01. The van der Waals surface area contributed by atoms with Crippen LogP contribution >= 0.6 is 8.60 Å². The Labute approximate surface area is 229 Å². The molecule has 0 aliphatic heterocycles. The third-order valence-corrected chi connectivity index (χ3v) is 7.90. The van der Waals surface area contributed by atoms with Gasteiger partial charge in [-0.15, -0.1) is 0 Å². The second-order valence-corrected chi connectivity index (χ2v) is 11.3. The molecule has 0 amide bonds. The van der Waals surface area contributed by atoms with E-state index in [-0.39, 0.29) is 0 Å². The van der Waals surface area contributed by atoms with Gasteiger partial charge in [-0.3, -0.25) is 4.52 Å². The highest BCUT2D eigenvalue weighted by molar-refractivity contribution is 7.42. The molecule has 3 nitrogen and oxygen atoms in total. The average molecular weight is 529 g/mol. The lowest BCUT2D eigenvalue weighted by molar-refractivity contribution is 0.258. The van der Waals surface area contributed by atoms with Crippen LogP contribution in [0.25, 0.3) is 0 Å². The lowest BCUT2D eigenvalue weighted by atomic mass is 10.0. The van der Waals surface area contributed by atoms with Gasteiger partial charge in [-0.1, -0.05) is 159 Å². The summed E-state index contributed by atoms with van der Waals surface area (Å²) in [5.74, 6) is 1.55. The highest BCUT2D eigenvalue weighted by atomic mass is 31.2. The fourth-order valence-electron chi connectivity index (χ4n) is 4.53. The van der Waals surface area contributed by atoms with Crippen LogP contribution in [0.4, 0.5) is 0 Å². The van der Waals surface area contributed by atoms with Crippen LogP contribution in [-0.4, -0.2) is 6.61 Å². The number of rotatable bonds is 25. The summed E-state index contributed by atoms with van der Waals surface area (Å²) in [5.41, 5.74) is 0. The summed E-state index contributed by atoms with van der Waals surface area (Å²) in [5, 5.41) is 0. The van der Waals surface area contributed by atoms with E-state index in [1.807, 2.05) is 60.7 Å². The van der Waals surface area contributed by atoms with Gasteiger partial charge in [-0.2, -0.15) is 0 Å². The molecule has 0 aromatic heterocycles. The Morgan fingerprint density at radius 3 is 1.11 bits per heavy atom. The van der Waals surface area contributed by atoms with Crippen LogP contribution in [-0.2, 0) is 4.52 Å². The lowest BCUT2D eigenvalue weighted by Gasteiger charge is -2.17. The minimum absolute atomic E-state index is 0.671. The maximum atomic E-state index is 6.00. The summed E-state index contributed by atoms with van der Waals surface area (Å²) in [7, 11) is -1.46. The van der Waals surface area contributed by atoms with E-state index in [1.165, 1.54) is 116 Å². The van der Waals surface area contributed by atoms with E-state index in [0.717, 1.165) is 17.9 Å². The maximum Gasteiger partial charge on any atom is 0.463 e. The number of unbranched alkanes of at least 4 members (excludes halogenated alkanes) is 18. The first-order chi connectivity index (χ1) is 18.4. The predicted molar refractivity (Wildman–Crippen MR) is 160 cm³/mol. The van der Waals surface area contributed by atoms with E-state index in [9.17, 15) is 0 Å². The van der Waals surface area contributed by atoms with Gasteiger partial charge in [0.15, 0.2) is 0 Å². The van der Waals surface area contributed by atoms with Crippen molar-refractivity contribution in [3.63, 3.8) is 0 Å². The summed E-state index contributed by atoms with van der Waals surface area (Å²) in [6.45, 7) is 2.96. The van der Waals surface area contributed by atoms with Crippen LogP contribution in [0.2, 0.25) is 0 Å². The Bertz CT molecular complexity index is 683. The van der Waals surface area contributed by atoms with Gasteiger partial charge in [-0.05, 0) is 30.7 Å². The molecule has 0 saturated heterocycles. The van der Waals surface area contributed by atoms with Crippen molar-refractivity contribution < 1.29 is 13.6 Å². The standard InChI is InChI=1S/C33H53O3P/c1-2-3-4-5-6-7-8-9-10-11-12-13-14-15-16-17-18-19-26-31-34-37(35-32-27-22-20-23-28-32)36-33-29-24-21-25-30-33/h20-25,27-30H,2-19,26,31H2,1H3. The molecule has 0 radical (unpaired) electrons. The SMILES string of the molecule is CCCCCCCCCCCCCCCCCCCCCOP(Oc1ccccc1)Oc1ccccc1. The molecule has 0 atom stereocenters. The van der Waals surface area contributed by atoms with Crippen molar-refractivity contribution in [1.82, 2.24) is 0 Å². The van der Waals surface area contributed by atoms with Gasteiger partial charge in [0.05, 0.1) is 6.61 Å². The Kier molecular flexibility index (Phi) is 20.1. The summed E-state index contributed by atoms with van der Waals surface area (Å²) in [6, 6.07) is 19.5. The van der Waals surface area contributed by atoms with Gasteiger partial charge in [0.25, 0.3) is 0 Å². The smallest absolute Gasteiger partial charge is 0.418 e. The fourth-order valence-corrected chi connectivity index (χ4v) is 5.53. The molecule has 2 aromatic rings. The highest BCUT2D eigenvalue weighted by Gasteiger charge is 2.16. The molecule has 0 aliphatic rings. The molecule has 37 heavy (non-hydrogen) atoms. The van der Waals surface area contributed by atoms with Gasteiger partial charge in [-0.25, -0.2) is 0 Å². The first-order valence-electron chi connectivity index (χ1n) is 15.3. The van der Waals surface area contributed by atoms with E-state index < -0.39 is 8.60 Å². The number of para-hydroxylation sites is 2. The summed E-state index contributed by atoms with van der Waals surface area (Å²) in [4.78, 5) is 0. The Morgan fingerprint density at radius 2 is 0.757 bits per heavy atom. The zero-order valence-electron chi connectivity index (χ0n) is 23.6. The molecule has 0 saturated carbocycles. The molecule has 4 heteroatoms. The van der Waals surface area contributed by atoms with Crippen LogP contribution in [0.5, 0.6) is 11.5 Å². The van der Waals surface area contributed by atoms with Gasteiger partial charge >= 0.3 is 8.60 Å². The largest absolute Gasteiger partial charge is 0.463 e. The Morgan fingerprint density at radius 1 is 0.432 bits per heavy atom. The van der Waals surface area contributed by atoms with Crippen molar-refractivity contribution in [2.75, 3.05) is 6.61 Å². The van der Waals surface area contributed by atoms with E-state index in [0.29, 0.717) is 6.61 Å². The monoisotopic (exact) mass is 528 g/mol. The molecular weight excluding hydrogens is 475 g/mol. The minimum Gasteiger partial charge on any atom is -0.418 e. The zero-order valence-corrected chi connectivity index (χ0v) is 24.5. The number of hydrogen-bond acceptors (Lipinski definition) is 3. The molecule has 2 aromatic carbocycles. The van der Waals surface area contributed by atoms with Crippen LogP contribution in [0, 0.1) is 0 Å². The number of hydrogen-bond donors (Lipinski definition) is 0. The summed E-state index contributed by atoms with van der Waals surface area (Å²) >= 11 is 0. The predicted octanol–water partition coefficient (Wildman–Crippen LogP) is 11.8. The van der Waals surface area contributed by atoms with Crippen molar-refractivity contribution in [1.29, 1.82) is 0 Å². The summed E-state index contributed by atoms with van der Waals surface area (Å²) in [6.07, 6.45) is 26.3. The molecule has 0 bridgehead atoms. The third-order valence-electron chi connectivity index (χ3n) is 6.79. The van der Waals surface area contributed by atoms with Crippen molar-refractivity contribution in [3.8, 4) is 11.5 Å². The molecule has 0 N–H and O–H groups in total. The van der Waals surface area contributed by atoms with Crippen LogP contribution in [0.1, 0.15) is 129 Å². The molecule has 208 valence electrons. The highest BCUT2D eigenvalue weighted by Crippen LogP contribution is 2.41. The van der Waals surface area contributed by atoms with Crippen LogP contribution in [0.15, 0.2) is 60.7 Å². The molecule has 0 fully saturated rings. The molecule has 0 aliphatic carbocycles. The first kappa shape index (κ1) is 31.6. The first-order valence-corrected chi connectivity index (χ1v) is 16.4. The van der Waals surface area contributed by atoms with Crippen molar-refractivity contribution >= 4 is 8.60 Å². The van der Waals surface area contributed by atoms with E-state index >= 15 is 0 Å². The maximum absolute atomic E-state index is 6.00. The van der Waals surface area contributed by atoms with E-state index in [1.54, 1.807) is 0 Å². The number of benzene rings is 2. The van der Waals surface area contributed by atoms with Gasteiger partial charge in [0.2, 0.25) is 0 Å². The Hall–Kier alpha value is -1.57. The molecular formula is C33H53O3P. The topological polar surface area (TPSA) is 27.7 Å². The van der Waals surface area contributed by atoms with E-state index in [2.05, 4.69) is 6.92 Å². The van der Waals surface area contributed by atoms with Crippen LogP contribution < -0.4 is 9.05 Å². The second-order valence-electron chi connectivity index (χ2n) is 10.2. The van der Waals surface area contributed by atoms with Gasteiger partial charge in [0.1, 0.15) is 11.5 Å². The minimum atomic E-state index is -1.46. The van der Waals surface area contributed by atoms with Gasteiger partial charge < -0.3 is 9.05 Å². The van der Waals surface area contributed by atoms with Crippen molar-refractivity contribution in [2.24, 2.45) is 0 Å². The van der Waals surface area contributed by atoms with Gasteiger partial charge in [0, 0.05) is 0 Å². The van der Waals surface area contributed by atoms with Crippen molar-refractivity contribution in [3.05, 3.63) is 60.7 Å². The third kappa shape index (κ3) is 18.3.